The zero-order chi connectivity index (χ0) is 8.08. The van der Waals surface area contributed by atoms with Crippen LogP contribution >= 0.6 is 0 Å². The molecule has 0 fully saturated rings. The van der Waals surface area contributed by atoms with Gasteiger partial charge in [0.1, 0.15) is 0 Å². The molecule has 0 rings (SSSR count). The van der Waals surface area contributed by atoms with Crippen molar-refractivity contribution in [3.8, 4) is 0 Å². The Kier molecular flexibility index (Phi) is 23.6. The number of rotatable bonds is 0. The molecule has 0 atom stereocenters. The standard InChI is InChI=1S/CH2O3.AsH3O4.2Pb/c2-1(3)4;2-1(3,4)5;;/h(H2,2,3,4);(H3,2,3,4,5);;/q;;2*+4/p-4. The number of hydrogen-bond donors (Lipinski definition) is 0. The predicted molar refractivity (Wildman–Crippen MR) is 24.5 cm³/mol. The SMILES string of the molecule is O=C([O-])[O-].O=[As]([O-])([O-])[O-].[H+].[Pb+4].[Pb+4]. The van der Waals surface area contributed by atoms with Gasteiger partial charge in [0, 0.05) is 0 Å². The molecule has 0 radical (unpaired) electrons. The van der Waals surface area contributed by atoms with E-state index in [2.05, 4.69) is 0 Å². The maximum atomic E-state index is 8.61. The minimum Gasteiger partial charge on any atom is 1.00 e. The fourth-order valence-electron chi connectivity index (χ4n) is 0. The van der Waals surface area contributed by atoms with Crippen molar-refractivity contribution in [2.75, 3.05) is 0 Å². The molecular formula is CHAsO7Pb2+4. The van der Waals surface area contributed by atoms with E-state index in [1.807, 2.05) is 0 Å². The summed E-state index contributed by atoms with van der Waals surface area (Å²) < 4.78 is 34.4. The molecule has 0 heterocycles. The summed E-state index contributed by atoms with van der Waals surface area (Å²) in [6.45, 7) is 0. The van der Waals surface area contributed by atoms with Crippen LogP contribution in [0.15, 0.2) is 0 Å². The average Bonchev–Trinajstić information content (AvgIpc) is 1.19. The van der Waals surface area contributed by atoms with E-state index in [0.717, 1.165) is 0 Å². The van der Waals surface area contributed by atoms with E-state index in [1.165, 1.54) is 0 Å². The van der Waals surface area contributed by atoms with Gasteiger partial charge < -0.3 is 15.0 Å². The smallest absolute Gasteiger partial charge is 1.00 e. The first-order valence-electron chi connectivity index (χ1n) is 1.34. The zero-order valence-electron chi connectivity index (χ0n) is 5.80. The summed E-state index contributed by atoms with van der Waals surface area (Å²) in [7, 11) is 0. The van der Waals surface area contributed by atoms with Crippen LogP contribution in [0.1, 0.15) is 1.43 Å². The van der Waals surface area contributed by atoms with Crippen molar-refractivity contribution in [3.05, 3.63) is 0 Å². The Morgan fingerprint density at radius 1 is 1.09 bits per heavy atom. The second kappa shape index (κ2) is 11.4. The monoisotopic (exact) mass is 616 g/mol. The van der Waals surface area contributed by atoms with Crippen molar-refractivity contribution in [3.63, 3.8) is 0 Å². The van der Waals surface area contributed by atoms with Crippen LogP contribution in [0, 0.1) is 0 Å². The molecule has 0 saturated carbocycles. The van der Waals surface area contributed by atoms with Crippen molar-refractivity contribution in [1.82, 2.24) is 0 Å². The van der Waals surface area contributed by atoms with Crippen LogP contribution in [0.5, 0.6) is 0 Å². The van der Waals surface area contributed by atoms with Gasteiger partial charge in [-0.15, -0.1) is 0 Å². The number of carboxylic acid groups (broad SMARTS) is 2. The van der Waals surface area contributed by atoms with Gasteiger partial charge in [0.25, 0.3) is 0 Å². The molecule has 0 amide bonds. The van der Waals surface area contributed by atoms with E-state index < -0.39 is 20.7 Å². The Labute approximate surface area is 107 Å². The molecule has 0 bridgehead atoms. The van der Waals surface area contributed by atoms with Crippen molar-refractivity contribution in [2.45, 2.75) is 0 Å². The number of hydrogen-bond acceptors (Lipinski definition) is 7. The van der Waals surface area contributed by atoms with Gasteiger partial charge in [-0.1, -0.05) is 0 Å². The Balaban J connectivity index is -0.0000000221. The van der Waals surface area contributed by atoms with Crippen LogP contribution in [0.25, 0.3) is 0 Å². The van der Waals surface area contributed by atoms with Crippen LogP contribution in [-0.4, -0.2) is 75.3 Å². The molecule has 7 nitrogen and oxygen atoms in total. The maximum absolute atomic E-state index is 8.61. The molecule has 0 aromatic carbocycles. The number of carbonyl (C=O) groups is 1. The van der Waals surface area contributed by atoms with Gasteiger partial charge in [-0.3, -0.25) is 0 Å². The van der Waals surface area contributed by atoms with E-state index in [9.17, 15) is 0 Å². The second-order valence-electron chi connectivity index (χ2n) is 0.697. The minimum atomic E-state index is -5.88. The molecule has 0 aromatic rings. The van der Waals surface area contributed by atoms with Gasteiger partial charge in [-0.05, 0) is 6.16 Å². The van der Waals surface area contributed by atoms with Crippen molar-refractivity contribution < 1.29 is 32.5 Å². The van der Waals surface area contributed by atoms with Gasteiger partial charge in [0.15, 0.2) is 0 Å². The van der Waals surface area contributed by atoms with Crippen LogP contribution in [0.4, 0.5) is 4.79 Å². The largest absolute Gasteiger partial charge is 4.00 e. The van der Waals surface area contributed by atoms with Crippen molar-refractivity contribution in [1.29, 1.82) is 0 Å². The third kappa shape index (κ3) is 543. The van der Waals surface area contributed by atoms with E-state index in [-0.39, 0.29) is 56.0 Å². The third-order valence-corrected chi connectivity index (χ3v) is 0. The Hall–Kier alpha value is 1.35. The summed E-state index contributed by atoms with van der Waals surface area (Å²) >= 11 is -5.88. The normalized spacial score (nSPS) is 7.55. The van der Waals surface area contributed by atoms with Crippen molar-refractivity contribution >= 4 is 75.3 Å². The summed E-state index contributed by atoms with van der Waals surface area (Å²) in [5, 5.41) is 16.7. The second-order valence-corrected chi connectivity index (χ2v) is 2.57. The van der Waals surface area contributed by atoms with Gasteiger partial charge in [-0.25, -0.2) is 0 Å². The first kappa shape index (κ1) is 22.8. The molecule has 0 N–H and O–H groups in total. The average molecular weight is 614 g/mol. The zero-order valence-corrected chi connectivity index (χ0v) is 14.5. The summed E-state index contributed by atoms with van der Waals surface area (Å²) in [6, 6.07) is 0. The molecule has 11 heavy (non-hydrogen) atoms. The quantitative estimate of drug-likeness (QED) is 0.246. The molecule has 0 saturated heterocycles. The Morgan fingerprint density at radius 2 is 1.09 bits per heavy atom. The van der Waals surface area contributed by atoms with Crippen molar-refractivity contribution in [2.24, 2.45) is 0 Å². The molecule has 0 aliphatic carbocycles. The van der Waals surface area contributed by atoms with Crippen LogP contribution < -0.4 is 22.5 Å². The molecule has 0 unspecified atom stereocenters. The van der Waals surface area contributed by atoms with E-state index in [0.29, 0.717) is 0 Å². The summed E-state index contributed by atoms with van der Waals surface area (Å²) in [6.07, 6.45) is -2.33. The molecule has 56 valence electrons. The van der Waals surface area contributed by atoms with Crippen LogP contribution in [0.2, 0.25) is 0 Å². The van der Waals surface area contributed by atoms with Gasteiger partial charge in [-0.2, -0.15) is 0 Å². The Bertz CT molecular complexity index is 121. The van der Waals surface area contributed by atoms with Crippen LogP contribution in [-0.2, 0) is 3.74 Å². The molecule has 0 aromatic heterocycles. The minimum absolute atomic E-state index is 0. The predicted octanol–water partition coefficient (Wildman–Crippen LogP) is -7.16. The van der Waals surface area contributed by atoms with E-state index in [4.69, 9.17) is 31.0 Å². The summed E-state index contributed by atoms with van der Waals surface area (Å²) in [4.78, 5) is 8.33. The fourth-order valence-corrected chi connectivity index (χ4v) is 0. The molecular weight excluding hydrogens is 613 g/mol. The first-order valence-corrected chi connectivity index (χ1v) is 4.41. The van der Waals surface area contributed by atoms with Gasteiger partial charge in [0.2, 0.25) is 0 Å². The fraction of sp³-hybridized carbons (Fsp3) is 0. The van der Waals surface area contributed by atoms with Gasteiger partial charge >= 0.3 is 86.6 Å². The topological polar surface area (TPSA) is 149 Å². The van der Waals surface area contributed by atoms with Crippen LogP contribution in [0.3, 0.4) is 0 Å². The molecule has 0 aliphatic heterocycles. The Morgan fingerprint density at radius 3 is 1.09 bits per heavy atom. The third-order valence-electron chi connectivity index (χ3n) is 0. The molecule has 0 aliphatic rings. The van der Waals surface area contributed by atoms with E-state index >= 15 is 0 Å². The molecule has 10 heteroatoms. The first-order chi connectivity index (χ1) is 3.73. The van der Waals surface area contributed by atoms with Gasteiger partial charge in [0.05, 0.1) is 0 Å². The molecule has 0 spiro atoms. The number of carbonyl (C=O) groups excluding carboxylic acids is 1. The van der Waals surface area contributed by atoms with E-state index in [1.54, 1.807) is 0 Å². The summed E-state index contributed by atoms with van der Waals surface area (Å²) in [5.41, 5.74) is 0. The summed E-state index contributed by atoms with van der Waals surface area (Å²) in [5.74, 6) is 0. The maximum Gasteiger partial charge on any atom is 4.00 e.